The van der Waals surface area contributed by atoms with Gasteiger partial charge in [0.1, 0.15) is 6.04 Å². The van der Waals surface area contributed by atoms with Crippen LogP contribution in [0.3, 0.4) is 0 Å². The zero-order valence-corrected chi connectivity index (χ0v) is 9.75. The van der Waals surface area contributed by atoms with E-state index in [2.05, 4.69) is 0 Å². The van der Waals surface area contributed by atoms with Crippen molar-refractivity contribution in [2.75, 3.05) is 13.1 Å². The van der Waals surface area contributed by atoms with E-state index in [-0.39, 0.29) is 0 Å². The molecule has 1 N–H and O–H groups in total. The molecule has 1 aliphatic heterocycles. The molecule has 1 atom stereocenters. The van der Waals surface area contributed by atoms with Gasteiger partial charge in [0.2, 0.25) is 5.92 Å². The first-order valence-corrected chi connectivity index (χ1v) is 5.71. The van der Waals surface area contributed by atoms with Gasteiger partial charge in [-0.25, -0.2) is 8.78 Å². The van der Waals surface area contributed by atoms with Crippen LogP contribution in [0.4, 0.5) is 8.78 Å². The summed E-state index contributed by atoms with van der Waals surface area (Å²) in [4.78, 5) is 12.7. The SMILES string of the molecule is CCC(C(=O)O)N1CCC(C(C)(F)F)CC1. The van der Waals surface area contributed by atoms with Gasteiger partial charge in [-0.2, -0.15) is 0 Å². The number of carboxylic acid groups (broad SMARTS) is 1. The van der Waals surface area contributed by atoms with Crippen LogP contribution >= 0.6 is 0 Å². The van der Waals surface area contributed by atoms with E-state index in [0.717, 1.165) is 6.92 Å². The Kier molecular flexibility index (Phi) is 4.24. The van der Waals surface area contributed by atoms with E-state index < -0.39 is 23.9 Å². The third-order valence-corrected chi connectivity index (χ3v) is 3.36. The Bertz CT molecular complexity index is 245. The van der Waals surface area contributed by atoms with E-state index in [1.807, 2.05) is 0 Å². The highest BCUT2D eigenvalue weighted by Gasteiger charge is 2.38. The lowest BCUT2D eigenvalue weighted by Crippen LogP contribution is -2.47. The molecular formula is C11H19F2NO2. The van der Waals surface area contributed by atoms with Crippen LogP contribution in [-0.2, 0) is 4.79 Å². The molecule has 1 unspecified atom stereocenters. The number of carboxylic acids is 1. The van der Waals surface area contributed by atoms with Crippen LogP contribution in [0.1, 0.15) is 33.1 Å². The topological polar surface area (TPSA) is 40.5 Å². The lowest BCUT2D eigenvalue weighted by atomic mass is 9.90. The van der Waals surface area contributed by atoms with Crippen molar-refractivity contribution >= 4 is 5.97 Å². The van der Waals surface area contributed by atoms with Crippen molar-refractivity contribution in [3.05, 3.63) is 0 Å². The molecule has 0 spiro atoms. The quantitative estimate of drug-likeness (QED) is 0.812. The Hall–Kier alpha value is -0.710. The fraction of sp³-hybridized carbons (Fsp3) is 0.909. The standard InChI is InChI=1S/C11H19F2NO2/c1-3-9(10(15)16)14-6-4-8(5-7-14)11(2,12)13/h8-9H,3-7H2,1-2H3,(H,15,16). The Morgan fingerprint density at radius 3 is 2.31 bits per heavy atom. The van der Waals surface area contributed by atoms with Crippen molar-refractivity contribution in [2.24, 2.45) is 5.92 Å². The largest absolute Gasteiger partial charge is 0.480 e. The number of halogens is 2. The van der Waals surface area contributed by atoms with Gasteiger partial charge in [0.15, 0.2) is 0 Å². The maximum Gasteiger partial charge on any atom is 0.320 e. The van der Waals surface area contributed by atoms with Crippen molar-refractivity contribution in [2.45, 2.75) is 45.1 Å². The van der Waals surface area contributed by atoms with Crippen molar-refractivity contribution < 1.29 is 18.7 Å². The van der Waals surface area contributed by atoms with E-state index in [4.69, 9.17) is 5.11 Å². The molecule has 0 bridgehead atoms. The molecule has 0 amide bonds. The minimum Gasteiger partial charge on any atom is -0.480 e. The lowest BCUT2D eigenvalue weighted by molar-refractivity contribution is -0.145. The van der Waals surface area contributed by atoms with Crippen molar-refractivity contribution in [1.29, 1.82) is 0 Å². The molecule has 0 aromatic rings. The van der Waals surface area contributed by atoms with E-state index >= 15 is 0 Å². The summed E-state index contributed by atoms with van der Waals surface area (Å²) in [5, 5.41) is 8.96. The summed E-state index contributed by atoms with van der Waals surface area (Å²) in [5.41, 5.74) is 0. The molecule has 0 aromatic heterocycles. The minimum absolute atomic E-state index is 0.382. The first kappa shape index (κ1) is 13.4. The van der Waals surface area contributed by atoms with Crippen LogP contribution in [0.15, 0.2) is 0 Å². The van der Waals surface area contributed by atoms with Gasteiger partial charge in [-0.15, -0.1) is 0 Å². The molecule has 0 saturated carbocycles. The van der Waals surface area contributed by atoms with Gasteiger partial charge in [0.05, 0.1) is 0 Å². The number of aliphatic carboxylic acids is 1. The van der Waals surface area contributed by atoms with Gasteiger partial charge in [0.25, 0.3) is 0 Å². The molecule has 16 heavy (non-hydrogen) atoms. The molecule has 1 rings (SSSR count). The number of carbonyl (C=O) groups is 1. The average molecular weight is 235 g/mol. The summed E-state index contributed by atoms with van der Waals surface area (Å²) in [7, 11) is 0. The van der Waals surface area contributed by atoms with Crippen LogP contribution in [0.5, 0.6) is 0 Å². The van der Waals surface area contributed by atoms with Gasteiger partial charge in [0, 0.05) is 5.92 Å². The Balaban J connectivity index is 2.51. The second-order valence-corrected chi connectivity index (χ2v) is 4.53. The van der Waals surface area contributed by atoms with Gasteiger partial charge in [-0.3, -0.25) is 9.69 Å². The molecule has 1 saturated heterocycles. The maximum atomic E-state index is 13.0. The van der Waals surface area contributed by atoms with Crippen LogP contribution < -0.4 is 0 Å². The number of alkyl halides is 2. The first-order valence-electron chi connectivity index (χ1n) is 5.71. The smallest absolute Gasteiger partial charge is 0.320 e. The molecule has 0 aliphatic carbocycles. The number of hydrogen-bond acceptors (Lipinski definition) is 2. The molecule has 0 radical (unpaired) electrons. The molecule has 1 heterocycles. The van der Waals surface area contributed by atoms with E-state index in [0.29, 0.717) is 32.4 Å². The molecule has 3 nitrogen and oxygen atoms in total. The first-order chi connectivity index (χ1) is 7.36. The highest BCUT2D eigenvalue weighted by atomic mass is 19.3. The predicted molar refractivity (Wildman–Crippen MR) is 56.6 cm³/mol. The number of piperidine rings is 1. The molecule has 0 aromatic carbocycles. The summed E-state index contributed by atoms with van der Waals surface area (Å²) >= 11 is 0. The van der Waals surface area contributed by atoms with Crippen LogP contribution in [-0.4, -0.2) is 41.0 Å². The second-order valence-electron chi connectivity index (χ2n) is 4.53. The van der Waals surface area contributed by atoms with E-state index in [1.165, 1.54) is 0 Å². The van der Waals surface area contributed by atoms with Crippen LogP contribution in [0.2, 0.25) is 0 Å². The monoisotopic (exact) mass is 235 g/mol. The molecule has 5 heteroatoms. The normalized spacial score (nSPS) is 22.0. The summed E-state index contributed by atoms with van der Waals surface area (Å²) < 4.78 is 26.1. The number of rotatable bonds is 4. The summed E-state index contributed by atoms with van der Waals surface area (Å²) in [6.45, 7) is 3.67. The van der Waals surface area contributed by atoms with Gasteiger partial charge in [-0.05, 0) is 39.3 Å². The minimum atomic E-state index is -2.64. The number of likely N-dealkylation sites (tertiary alicyclic amines) is 1. The second kappa shape index (κ2) is 5.08. The van der Waals surface area contributed by atoms with Gasteiger partial charge < -0.3 is 5.11 Å². The highest BCUT2D eigenvalue weighted by molar-refractivity contribution is 5.73. The highest BCUT2D eigenvalue weighted by Crippen LogP contribution is 2.33. The summed E-state index contributed by atoms with van der Waals surface area (Å²) in [6.07, 6.45) is 1.28. The van der Waals surface area contributed by atoms with Gasteiger partial charge >= 0.3 is 5.97 Å². The Morgan fingerprint density at radius 1 is 1.50 bits per heavy atom. The number of nitrogens with zero attached hydrogens (tertiary/aromatic N) is 1. The fourth-order valence-electron chi connectivity index (χ4n) is 2.31. The number of hydrogen-bond donors (Lipinski definition) is 1. The third-order valence-electron chi connectivity index (χ3n) is 3.36. The fourth-order valence-corrected chi connectivity index (χ4v) is 2.31. The van der Waals surface area contributed by atoms with Gasteiger partial charge in [-0.1, -0.05) is 6.92 Å². The van der Waals surface area contributed by atoms with Crippen LogP contribution in [0.25, 0.3) is 0 Å². The lowest BCUT2D eigenvalue weighted by Gasteiger charge is -2.37. The Labute approximate surface area is 94.4 Å². The molecule has 1 fully saturated rings. The average Bonchev–Trinajstić information content (AvgIpc) is 2.17. The van der Waals surface area contributed by atoms with Crippen molar-refractivity contribution in [3.63, 3.8) is 0 Å². The summed E-state index contributed by atoms with van der Waals surface area (Å²) in [5.74, 6) is -4.10. The maximum absolute atomic E-state index is 13.0. The molecule has 94 valence electrons. The zero-order valence-electron chi connectivity index (χ0n) is 9.75. The van der Waals surface area contributed by atoms with Crippen LogP contribution in [0, 0.1) is 5.92 Å². The zero-order chi connectivity index (χ0) is 12.3. The van der Waals surface area contributed by atoms with Crippen molar-refractivity contribution in [3.8, 4) is 0 Å². The molecular weight excluding hydrogens is 216 g/mol. The van der Waals surface area contributed by atoms with E-state index in [1.54, 1.807) is 11.8 Å². The van der Waals surface area contributed by atoms with Crippen molar-refractivity contribution in [1.82, 2.24) is 4.90 Å². The predicted octanol–water partition coefficient (Wildman–Crippen LogP) is 2.22. The van der Waals surface area contributed by atoms with E-state index in [9.17, 15) is 13.6 Å². The third kappa shape index (κ3) is 3.14. The Morgan fingerprint density at radius 2 is 2.00 bits per heavy atom. The molecule has 1 aliphatic rings. The summed E-state index contributed by atoms with van der Waals surface area (Å²) in [6, 6.07) is -0.522.